The van der Waals surface area contributed by atoms with Crippen LogP contribution in [0.4, 0.5) is 0 Å². The van der Waals surface area contributed by atoms with Crippen LogP contribution in [0.15, 0.2) is 12.2 Å². The highest BCUT2D eigenvalue weighted by molar-refractivity contribution is 5.92. The zero-order chi connectivity index (χ0) is 8.29. The number of carbonyl (C=O) groups excluding carboxylic acids is 1. The third-order valence-corrected chi connectivity index (χ3v) is 3.70. The van der Waals surface area contributed by atoms with Crippen LogP contribution in [0.3, 0.4) is 0 Å². The Morgan fingerprint density at radius 3 is 2.25 bits per heavy atom. The van der Waals surface area contributed by atoms with Gasteiger partial charge in [0, 0.05) is 24.9 Å². The maximum Gasteiger partial charge on any atom is 0.147 e. The summed E-state index contributed by atoms with van der Waals surface area (Å²) in [5.41, 5.74) is 0. The average molecular weight is 163 g/mol. The quantitative estimate of drug-likeness (QED) is 0.486. The van der Waals surface area contributed by atoms with E-state index in [4.69, 9.17) is 0 Å². The van der Waals surface area contributed by atoms with Crippen LogP contribution in [0.5, 0.6) is 0 Å². The molecular weight excluding hydrogens is 150 g/mol. The van der Waals surface area contributed by atoms with Gasteiger partial charge in [-0.2, -0.15) is 0 Å². The van der Waals surface area contributed by atoms with Crippen LogP contribution in [-0.4, -0.2) is 30.8 Å². The predicted octanol–water partition coefficient (Wildman–Crippen LogP) is 0.549. The van der Waals surface area contributed by atoms with Crippen molar-refractivity contribution in [3.8, 4) is 0 Å². The molecule has 0 aromatic heterocycles. The van der Waals surface area contributed by atoms with E-state index in [1.54, 1.807) is 0 Å². The number of fused-ring (bicyclic) bond motifs is 5. The van der Waals surface area contributed by atoms with E-state index in [0.29, 0.717) is 17.6 Å². The van der Waals surface area contributed by atoms with Gasteiger partial charge in [-0.05, 0) is 18.9 Å². The van der Waals surface area contributed by atoms with E-state index in [2.05, 4.69) is 24.1 Å². The molecule has 0 radical (unpaired) electrons. The molecule has 0 aromatic carbocycles. The zero-order valence-corrected chi connectivity index (χ0v) is 7.23. The van der Waals surface area contributed by atoms with Gasteiger partial charge in [0.2, 0.25) is 0 Å². The standard InChI is InChI=1S/C10H13NO/c1-11-4-8-6-2-3-7(10(6)12)9(8)5-11/h2-3,6-9H,4-5H2,1H3. The SMILES string of the molecule is CN1CC2C3C=CC(C3=O)C2C1. The molecule has 2 fully saturated rings. The smallest absolute Gasteiger partial charge is 0.147 e. The van der Waals surface area contributed by atoms with E-state index >= 15 is 0 Å². The molecule has 64 valence electrons. The van der Waals surface area contributed by atoms with Gasteiger partial charge in [-0.15, -0.1) is 0 Å². The molecule has 0 aromatic rings. The van der Waals surface area contributed by atoms with Crippen molar-refractivity contribution in [1.29, 1.82) is 0 Å². The number of nitrogens with zero attached hydrogens (tertiary/aromatic N) is 1. The van der Waals surface area contributed by atoms with Crippen LogP contribution in [0, 0.1) is 23.7 Å². The minimum Gasteiger partial charge on any atom is -0.306 e. The fourth-order valence-corrected chi connectivity index (χ4v) is 3.18. The van der Waals surface area contributed by atoms with Gasteiger partial charge in [-0.3, -0.25) is 4.79 Å². The van der Waals surface area contributed by atoms with E-state index in [0.717, 1.165) is 13.1 Å². The second-order valence-corrected chi connectivity index (χ2v) is 4.39. The van der Waals surface area contributed by atoms with Crippen LogP contribution < -0.4 is 0 Å². The van der Waals surface area contributed by atoms with Gasteiger partial charge in [0.15, 0.2) is 0 Å². The lowest BCUT2D eigenvalue weighted by atomic mass is 9.86. The van der Waals surface area contributed by atoms with E-state index in [9.17, 15) is 4.79 Å². The van der Waals surface area contributed by atoms with Crippen molar-refractivity contribution < 1.29 is 4.79 Å². The molecule has 4 atom stereocenters. The number of hydrogen-bond donors (Lipinski definition) is 0. The summed E-state index contributed by atoms with van der Waals surface area (Å²) >= 11 is 0. The molecule has 1 saturated heterocycles. The molecule has 2 heteroatoms. The number of ketones is 1. The summed E-state index contributed by atoms with van der Waals surface area (Å²) in [4.78, 5) is 14.0. The molecule has 12 heavy (non-hydrogen) atoms. The van der Waals surface area contributed by atoms with Gasteiger partial charge in [0.1, 0.15) is 5.78 Å². The molecule has 1 aliphatic heterocycles. The van der Waals surface area contributed by atoms with Gasteiger partial charge < -0.3 is 4.90 Å². The lowest BCUT2D eigenvalue weighted by Gasteiger charge is -2.15. The van der Waals surface area contributed by atoms with E-state index in [1.807, 2.05) is 0 Å². The normalized spacial score (nSPS) is 50.6. The summed E-state index contributed by atoms with van der Waals surface area (Å²) in [6.45, 7) is 2.25. The minimum atomic E-state index is 0.282. The van der Waals surface area contributed by atoms with Crippen LogP contribution in [0.1, 0.15) is 0 Å². The number of allylic oxidation sites excluding steroid dienone is 2. The fourth-order valence-electron chi connectivity index (χ4n) is 3.18. The van der Waals surface area contributed by atoms with E-state index < -0.39 is 0 Å². The Hall–Kier alpha value is -0.630. The van der Waals surface area contributed by atoms with Crippen molar-refractivity contribution in [2.45, 2.75) is 0 Å². The summed E-state index contributed by atoms with van der Waals surface area (Å²) < 4.78 is 0. The first-order valence-electron chi connectivity index (χ1n) is 4.68. The molecule has 0 spiro atoms. The lowest BCUT2D eigenvalue weighted by molar-refractivity contribution is -0.121. The molecule has 0 amide bonds. The molecule has 4 unspecified atom stereocenters. The molecule has 2 nitrogen and oxygen atoms in total. The van der Waals surface area contributed by atoms with Gasteiger partial charge in [-0.25, -0.2) is 0 Å². The average Bonchev–Trinajstić information content (AvgIpc) is 2.60. The lowest BCUT2D eigenvalue weighted by Crippen LogP contribution is -2.21. The van der Waals surface area contributed by atoms with Crippen molar-refractivity contribution in [2.24, 2.45) is 23.7 Å². The number of hydrogen-bond acceptors (Lipinski definition) is 2. The van der Waals surface area contributed by atoms with E-state index in [1.165, 1.54) is 0 Å². The fraction of sp³-hybridized carbons (Fsp3) is 0.700. The van der Waals surface area contributed by atoms with Crippen molar-refractivity contribution in [3.63, 3.8) is 0 Å². The molecular formula is C10H13NO. The van der Waals surface area contributed by atoms with Gasteiger partial charge in [0.25, 0.3) is 0 Å². The molecule has 2 aliphatic carbocycles. The van der Waals surface area contributed by atoms with Crippen molar-refractivity contribution >= 4 is 5.78 Å². The first-order valence-corrected chi connectivity index (χ1v) is 4.68. The predicted molar refractivity (Wildman–Crippen MR) is 45.6 cm³/mol. The number of carbonyl (C=O) groups is 1. The summed E-state index contributed by atoms with van der Waals surface area (Å²) in [7, 11) is 2.15. The highest BCUT2D eigenvalue weighted by atomic mass is 16.1. The summed E-state index contributed by atoms with van der Waals surface area (Å²) in [6, 6.07) is 0. The van der Waals surface area contributed by atoms with Crippen LogP contribution in [0.2, 0.25) is 0 Å². The highest BCUT2D eigenvalue weighted by Gasteiger charge is 2.53. The van der Waals surface area contributed by atoms with Gasteiger partial charge in [-0.1, -0.05) is 12.2 Å². The second kappa shape index (κ2) is 1.99. The monoisotopic (exact) mass is 163 g/mol. The summed E-state index contributed by atoms with van der Waals surface area (Å²) in [6.07, 6.45) is 4.26. The second-order valence-electron chi connectivity index (χ2n) is 4.39. The Morgan fingerprint density at radius 2 is 1.75 bits per heavy atom. The first-order chi connectivity index (χ1) is 5.77. The zero-order valence-electron chi connectivity index (χ0n) is 7.23. The number of likely N-dealkylation sites (tertiary alicyclic amines) is 1. The molecule has 3 aliphatic rings. The Morgan fingerprint density at radius 1 is 1.25 bits per heavy atom. The Bertz CT molecular complexity index is 247. The summed E-state index contributed by atoms with van der Waals surface area (Å²) in [5, 5.41) is 0. The Balaban J connectivity index is 1.98. The van der Waals surface area contributed by atoms with E-state index in [-0.39, 0.29) is 11.8 Å². The van der Waals surface area contributed by atoms with Gasteiger partial charge in [0.05, 0.1) is 0 Å². The topological polar surface area (TPSA) is 20.3 Å². The third kappa shape index (κ3) is 0.626. The van der Waals surface area contributed by atoms with Crippen molar-refractivity contribution in [1.82, 2.24) is 4.90 Å². The molecule has 1 saturated carbocycles. The molecule has 2 bridgehead atoms. The number of Topliss-reactive ketones (excluding diaryl/α,β-unsaturated/α-hetero) is 1. The van der Waals surface area contributed by atoms with Crippen LogP contribution in [-0.2, 0) is 4.79 Å². The maximum atomic E-state index is 11.6. The molecule has 3 rings (SSSR count). The molecule has 1 heterocycles. The largest absolute Gasteiger partial charge is 0.306 e. The van der Waals surface area contributed by atoms with Crippen LogP contribution in [0.25, 0.3) is 0 Å². The third-order valence-electron chi connectivity index (χ3n) is 3.70. The first kappa shape index (κ1) is 6.84. The minimum absolute atomic E-state index is 0.282. The Kier molecular flexibility index (Phi) is 1.14. The maximum absolute atomic E-state index is 11.6. The summed E-state index contributed by atoms with van der Waals surface area (Å²) in [5.74, 6) is 2.36. The highest BCUT2D eigenvalue weighted by Crippen LogP contribution is 2.48. The Labute approximate surface area is 72.2 Å². The molecule has 0 N–H and O–H groups in total. The number of rotatable bonds is 0. The van der Waals surface area contributed by atoms with Gasteiger partial charge >= 0.3 is 0 Å². The van der Waals surface area contributed by atoms with Crippen LogP contribution >= 0.6 is 0 Å². The van der Waals surface area contributed by atoms with Crippen molar-refractivity contribution in [2.75, 3.05) is 20.1 Å². The van der Waals surface area contributed by atoms with Crippen molar-refractivity contribution in [3.05, 3.63) is 12.2 Å².